The Morgan fingerprint density at radius 3 is 2.36 bits per heavy atom. The van der Waals surface area contributed by atoms with Gasteiger partial charge in [0.2, 0.25) is 0 Å². The highest BCUT2D eigenvalue weighted by atomic mass is 19.4. The minimum absolute atomic E-state index is 0.0235. The van der Waals surface area contributed by atoms with Crippen molar-refractivity contribution in [3.8, 4) is 12.3 Å². The van der Waals surface area contributed by atoms with Crippen LogP contribution in [0.3, 0.4) is 0 Å². The smallest absolute Gasteiger partial charge is 0.370 e. The van der Waals surface area contributed by atoms with Gasteiger partial charge in [0.25, 0.3) is 0 Å². The number of alkyl halides is 6. The summed E-state index contributed by atoms with van der Waals surface area (Å²) < 4.78 is 76.9. The molecule has 2 rings (SSSR count). The van der Waals surface area contributed by atoms with Crippen LogP contribution in [-0.4, -0.2) is 19.3 Å². The van der Waals surface area contributed by atoms with Gasteiger partial charge in [0, 0.05) is 18.7 Å². The van der Waals surface area contributed by atoms with Crippen LogP contribution >= 0.6 is 0 Å². The molecule has 1 saturated heterocycles. The van der Waals surface area contributed by atoms with E-state index < -0.39 is 23.8 Å². The second-order valence-corrected chi connectivity index (χ2v) is 5.20. The second kappa shape index (κ2) is 5.75. The number of piperidine rings is 1. The molecule has 120 valence electrons. The van der Waals surface area contributed by atoms with Gasteiger partial charge in [-0.2, -0.15) is 26.3 Å². The van der Waals surface area contributed by atoms with Gasteiger partial charge in [0.05, 0.1) is 17.2 Å². The molecule has 0 saturated carbocycles. The molecule has 1 aliphatic rings. The summed E-state index contributed by atoms with van der Waals surface area (Å²) in [5, 5.41) is 0. The topological polar surface area (TPSA) is 3.24 Å². The van der Waals surface area contributed by atoms with Crippen LogP contribution in [0.15, 0.2) is 18.2 Å². The van der Waals surface area contributed by atoms with E-state index in [1.807, 2.05) is 0 Å². The molecule has 1 aliphatic heterocycles. The van der Waals surface area contributed by atoms with Crippen molar-refractivity contribution in [1.82, 2.24) is 0 Å². The number of nitrogens with zero attached hydrogens (tertiary/aromatic N) is 1. The third-order valence-electron chi connectivity index (χ3n) is 3.71. The van der Waals surface area contributed by atoms with E-state index >= 15 is 0 Å². The van der Waals surface area contributed by atoms with Gasteiger partial charge in [-0.05, 0) is 31.0 Å². The third-order valence-corrected chi connectivity index (χ3v) is 3.71. The Labute approximate surface area is 123 Å². The number of rotatable bonds is 1. The van der Waals surface area contributed by atoms with Crippen molar-refractivity contribution < 1.29 is 26.3 Å². The number of halogens is 6. The maximum Gasteiger partial charge on any atom is 0.416 e. The van der Waals surface area contributed by atoms with Gasteiger partial charge in [-0.25, -0.2) is 0 Å². The highest BCUT2D eigenvalue weighted by molar-refractivity contribution is 5.62. The summed E-state index contributed by atoms with van der Waals surface area (Å²) in [6.07, 6.45) is -3.45. The van der Waals surface area contributed by atoms with E-state index in [1.165, 1.54) is 4.90 Å². The summed E-state index contributed by atoms with van der Waals surface area (Å²) in [5.41, 5.74) is -0.724. The van der Waals surface area contributed by atoms with Crippen LogP contribution in [0.25, 0.3) is 0 Å². The van der Waals surface area contributed by atoms with Gasteiger partial charge in [0.1, 0.15) is 0 Å². The zero-order valence-electron chi connectivity index (χ0n) is 11.4. The van der Waals surface area contributed by atoms with E-state index in [9.17, 15) is 26.3 Å². The Bertz CT molecular complexity index is 581. The molecule has 1 aromatic rings. The Hall–Kier alpha value is -1.84. The van der Waals surface area contributed by atoms with E-state index in [4.69, 9.17) is 6.42 Å². The minimum Gasteiger partial charge on any atom is -0.370 e. The number of benzene rings is 1. The van der Waals surface area contributed by atoms with Crippen LogP contribution in [0.1, 0.15) is 24.0 Å². The molecule has 0 aliphatic carbocycles. The lowest BCUT2D eigenvalue weighted by Gasteiger charge is -2.36. The molecule has 0 spiro atoms. The monoisotopic (exact) mass is 321 g/mol. The van der Waals surface area contributed by atoms with Crippen LogP contribution in [0, 0.1) is 18.3 Å². The van der Waals surface area contributed by atoms with E-state index in [1.54, 1.807) is 0 Å². The summed E-state index contributed by atoms with van der Waals surface area (Å²) in [6, 6.07) is 2.78. The molecule has 1 nitrogen and oxygen atoms in total. The summed E-state index contributed by atoms with van der Waals surface area (Å²) in [4.78, 5) is 1.30. The molecule has 0 bridgehead atoms. The summed E-state index contributed by atoms with van der Waals surface area (Å²) in [7, 11) is 0. The average Bonchev–Trinajstić information content (AvgIpc) is 2.45. The first-order valence-corrected chi connectivity index (χ1v) is 6.62. The van der Waals surface area contributed by atoms with Gasteiger partial charge in [0.15, 0.2) is 0 Å². The van der Waals surface area contributed by atoms with E-state index in [0.717, 1.165) is 18.2 Å². The lowest BCUT2D eigenvalue weighted by Crippen LogP contribution is -2.42. The van der Waals surface area contributed by atoms with E-state index in [0.29, 0.717) is 0 Å². The Kier molecular flexibility index (Phi) is 4.32. The van der Waals surface area contributed by atoms with Crippen molar-refractivity contribution in [1.29, 1.82) is 0 Å². The fraction of sp³-hybridized carbons (Fsp3) is 0.467. The first-order valence-electron chi connectivity index (χ1n) is 6.62. The van der Waals surface area contributed by atoms with Crippen molar-refractivity contribution in [2.75, 3.05) is 18.0 Å². The largest absolute Gasteiger partial charge is 0.416 e. The Morgan fingerprint density at radius 2 is 1.82 bits per heavy atom. The minimum atomic E-state index is -4.57. The van der Waals surface area contributed by atoms with E-state index in [-0.39, 0.29) is 37.2 Å². The molecule has 1 atom stereocenters. The van der Waals surface area contributed by atoms with Gasteiger partial charge < -0.3 is 4.90 Å². The molecule has 22 heavy (non-hydrogen) atoms. The molecule has 0 amide bonds. The summed E-state index contributed by atoms with van der Waals surface area (Å²) >= 11 is 0. The highest BCUT2D eigenvalue weighted by Crippen LogP contribution is 2.38. The predicted molar refractivity (Wildman–Crippen MR) is 70.4 cm³/mol. The predicted octanol–water partition coefficient (Wildman–Crippen LogP) is 4.47. The molecular weight excluding hydrogens is 308 g/mol. The first kappa shape index (κ1) is 16.5. The molecule has 1 aromatic carbocycles. The molecule has 0 radical (unpaired) electrons. The highest BCUT2D eigenvalue weighted by Gasteiger charge is 2.42. The van der Waals surface area contributed by atoms with Gasteiger partial charge in [-0.15, -0.1) is 6.42 Å². The molecular formula is C15H13F6N. The maximum absolute atomic E-state index is 12.8. The van der Waals surface area contributed by atoms with Gasteiger partial charge in [-0.1, -0.05) is 5.92 Å². The van der Waals surface area contributed by atoms with Crippen LogP contribution in [0.4, 0.5) is 32.0 Å². The standard InChI is InChI=1S/C15H13F6N/c1-2-10-5-6-11(14(16,17)18)8-13(10)22-7-3-4-12(9-22)15(19,20)21/h1,5-6,8,12H,3-4,7,9H2. The zero-order chi connectivity index (χ0) is 16.5. The SMILES string of the molecule is C#Cc1ccc(C(F)(F)F)cc1N1CCCC(C(F)(F)F)C1. The van der Waals surface area contributed by atoms with Gasteiger partial charge in [-0.3, -0.25) is 0 Å². The third kappa shape index (κ3) is 3.49. The number of hydrogen-bond acceptors (Lipinski definition) is 1. The fourth-order valence-electron chi connectivity index (χ4n) is 2.55. The van der Waals surface area contributed by atoms with Crippen LogP contribution < -0.4 is 4.90 Å². The second-order valence-electron chi connectivity index (χ2n) is 5.20. The first-order chi connectivity index (χ1) is 10.1. The zero-order valence-corrected chi connectivity index (χ0v) is 11.4. The molecule has 1 fully saturated rings. The molecule has 1 heterocycles. The fourth-order valence-corrected chi connectivity index (χ4v) is 2.55. The average molecular weight is 321 g/mol. The summed E-state index contributed by atoms with van der Waals surface area (Å²) in [5.74, 6) is 0.681. The quantitative estimate of drug-likeness (QED) is 0.545. The van der Waals surface area contributed by atoms with Crippen molar-refractivity contribution in [3.05, 3.63) is 29.3 Å². The molecule has 7 heteroatoms. The molecule has 0 N–H and O–H groups in total. The summed E-state index contributed by atoms with van der Waals surface area (Å²) in [6.45, 7) is -0.123. The molecule has 1 unspecified atom stereocenters. The van der Waals surface area contributed by atoms with Crippen molar-refractivity contribution in [3.63, 3.8) is 0 Å². The Balaban J connectivity index is 2.36. The normalized spacial score (nSPS) is 19.9. The molecule has 0 aromatic heterocycles. The number of terminal acetylenes is 1. The van der Waals surface area contributed by atoms with E-state index in [2.05, 4.69) is 5.92 Å². The van der Waals surface area contributed by atoms with Crippen molar-refractivity contribution in [2.24, 2.45) is 5.92 Å². The lowest BCUT2D eigenvalue weighted by atomic mass is 9.96. The van der Waals surface area contributed by atoms with Crippen molar-refractivity contribution >= 4 is 5.69 Å². The van der Waals surface area contributed by atoms with Crippen LogP contribution in [-0.2, 0) is 6.18 Å². The lowest BCUT2D eigenvalue weighted by molar-refractivity contribution is -0.176. The van der Waals surface area contributed by atoms with Crippen molar-refractivity contribution in [2.45, 2.75) is 25.2 Å². The number of hydrogen-bond donors (Lipinski definition) is 0. The number of anilines is 1. The van der Waals surface area contributed by atoms with Crippen LogP contribution in [0.2, 0.25) is 0 Å². The Morgan fingerprint density at radius 1 is 1.14 bits per heavy atom. The van der Waals surface area contributed by atoms with Crippen LogP contribution in [0.5, 0.6) is 0 Å². The maximum atomic E-state index is 12.8. The van der Waals surface area contributed by atoms with Gasteiger partial charge >= 0.3 is 12.4 Å².